The summed E-state index contributed by atoms with van der Waals surface area (Å²) in [6.45, 7) is -0.894. The van der Waals surface area contributed by atoms with Gasteiger partial charge >= 0.3 is 12.6 Å². The standard InChI is InChI=1S/C26H23F2N3O3S2/c1-14-10-20(35-13-14)17-11-19(24(32)33)23(29-12-17)31-26-30-21(22(36-26)16-4-2-3-5-16)15-6-8-18(9-7-15)34-25(27)28/h6-13,16,25H,2-5H2,1H3,(H,32,33)(H,29,30,31). The van der Waals surface area contributed by atoms with Crippen LogP contribution in [0.4, 0.5) is 19.7 Å². The Kier molecular flexibility index (Phi) is 6.97. The van der Waals surface area contributed by atoms with Gasteiger partial charge in [-0.3, -0.25) is 0 Å². The van der Waals surface area contributed by atoms with Crippen LogP contribution in [0.1, 0.15) is 52.4 Å². The zero-order chi connectivity index (χ0) is 25.2. The smallest absolute Gasteiger partial charge is 0.387 e. The van der Waals surface area contributed by atoms with E-state index in [2.05, 4.69) is 15.0 Å². The maximum atomic E-state index is 12.5. The zero-order valence-corrected chi connectivity index (χ0v) is 21.0. The Morgan fingerprint density at radius 1 is 1.17 bits per heavy atom. The summed E-state index contributed by atoms with van der Waals surface area (Å²) in [7, 11) is 0. The lowest BCUT2D eigenvalue weighted by Crippen LogP contribution is -2.05. The molecule has 4 aromatic rings. The number of carboxylic acid groups (broad SMARTS) is 1. The highest BCUT2D eigenvalue weighted by atomic mass is 32.1. The van der Waals surface area contributed by atoms with E-state index in [0.29, 0.717) is 11.0 Å². The van der Waals surface area contributed by atoms with Crippen molar-refractivity contribution in [3.05, 3.63) is 64.0 Å². The lowest BCUT2D eigenvalue weighted by atomic mass is 10.0. The van der Waals surface area contributed by atoms with E-state index in [1.54, 1.807) is 24.4 Å². The number of thiazole rings is 1. The number of hydrogen-bond acceptors (Lipinski definition) is 7. The molecule has 0 bridgehead atoms. The number of aromatic nitrogens is 2. The summed E-state index contributed by atoms with van der Waals surface area (Å²) in [5.41, 5.74) is 3.47. The highest BCUT2D eigenvalue weighted by Crippen LogP contribution is 2.44. The first-order chi connectivity index (χ1) is 17.4. The van der Waals surface area contributed by atoms with E-state index in [0.717, 1.165) is 57.8 Å². The fourth-order valence-corrected chi connectivity index (χ4v) is 6.44. The molecule has 0 unspecified atom stereocenters. The highest BCUT2D eigenvalue weighted by Gasteiger charge is 2.25. The summed E-state index contributed by atoms with van der Waals surface area (Å²) in [5.74, 6) is -0.427. The molecule has 3 aromatic heterocycles. The van der Waals surface area contributed by atoms with Crippen molar-refractivity contribution in [3.8, 4) is 27.4 Å². The van der Waals surface area contributed by atoms with Gasteiger partial charge in [-0.2, -0.15) is 8.78 Å². The van der Waals surface area contributed by atoms with Gasteiger partial charge in [-0.05, 0) is 73.0 Å². The largest absolute Gasteiger partial charge is 0.478 e. The van der Waals surface area contributed by atoms with E-state index in [1.807, 2.05) is 18.4 Å². The van der Waals surface area contributed by atoms with Crippen molar-refractivity contribution >= 4 is 39.6 Å². The molecule has 5 rings (SSSR count). The van der Waals surface area contributed by atoms with Gasteiger partial charge in [-0.25, -0.2) is 14.8 Å². The van der Waals surface area contributed by atoms with Crippen molar-refractivity contribution in [1.82, 2.24) is 9.97 Å². The average molecular weight is 528 g/mol. The Morgan fingerprint density at radius 2 is 1.92 bits per heavy atom. The van der Waals surface area contributed by atoms with E-state index in [-0.39, 0.29) is 17.1 Å². The van der Waals surface area contributed by atoms with Gasteiger partial charge in [0.2, 0.25) is 0 Å². The number of aromatic carboxylic acids is 1. The van der Waals surface area contributed by atoms with Crippen molar-refractivity contribution in [1.29, 1.82) is 0 Å². The number of rotatable bonds is 8. The Hall–Kier alpha value is -3.37. The van der Waals surface area contributed by atoms with E-state index in [4.69, 9.17) is 4.98 Å². The maximum Gasteiger partial charge on any atom is 0.387 e. The molecule has 2 N–H and O–H groups in total. The van der Waals surface area contributed by atoms with Gasteiger partial charge in [0.15, 0.2) is 5.13 Å². The lowest BCUT2D eigenvalue weighted by molar-refractivity contribution is -0.0498. The number of nitrogens with zero attached hydrogens (tertiary/aromatic N) is 2. The molecule has 6 nitrogen and oxygen atoms in total. The molecule has 1 aliphatic rings. The fraction of sp³-hybridized carbons (Fsp3) is 0.269. The Morgan fingerprint density at radius 3 is 2.56 bits per heavy atom. The fourth-order valence-electron chi connectivity index (χ4n) is 4.40. The van der Waals surface area contributed by atoms with Gasteiger partial charge in [-0.15, -0.1) is 22.7 Å². The van der Waals surface area contributed by atoms with E-state index in [1.165, 1.54) is 34.8 Å². The number of ether oxygens (including phenoxy) is 1. The molecule has 36 heavy (non-hydrogen) atoms. The second-order valence-corrected chi connectivity index (χ2v) is 10.6. The third-order valence-electron chi connectivity index (χ3n) is 6.09. The minimum Gasteiger partial charge on any atom is -0.478 e. The van der Waals surface area contributed by atoms with Crippen LogP contribution in [0.2, 0.25) is 0 Å². The molecule has 186 valence electrons. The van der Waals surface area contributed by atoms with Crippen molar-refractivity contribution < 1.29 is 23.4 Å². The number of aryl methyl sites for hydroxylation is 1. The van der Waals surface area contributed by atoms with Gasteiger partial charge in [0.25, 0.3) is 0 Å². The monoisotopic (exact) mass is 527 g/mol. The summed E-state index contributed by atoms with van der Waals surface area (Å²) in [6, 6.07) is 10.1. The molecular formula is C26H23F2N3O3S2. The van der Waals surface area contributed by atoms with E-state index < -0.39 is 12.6 Å². The Balaban J connectivity index is 1.48. The third-order valence-corrected chi connectivity index (χ3v) is 8.32. The number of pyridine rings is 1. The van der Waals surface area contributed by atoms with Crippen LogP contribution in [0.25, 0.3) is 21.7 Å². The molecule has 1 aromatic carbocycles. The predicted molar refractivity (Wildman–Crippen MR) is 138 cm³/mol. The number of nitrogens with one attached hydrogen (secondary N) is 1. The van der Waals surface area contributed by atoms with Crippen LogP contribution in [0, 0.1) is 6.92 Å². The molecule has 0 amide bonds. The Bertz CT molecular complexity index is 1380. The van der Waals surface area contributed by atoms with Crippen LogP contribution in [0.3, 0.4) is 0 Å². The zero-order valence-electron chi connectivity index (χ0n) is 19.3. The predicted octanol–water partition coefficient (Wildman–Crippen LogP) is 7.94. The van der Waals surface area contributed by atoms with Gasteiger partial charge < -0.3 is 15.2 Å². The normalized spacial score (nSPS) is 13.9. The number of benzene rings is 1. The molecule has 3 heterocycles. The topological polar surface area (TPSA) is 84.3 Å². The summed E-state index contributed by atoms with van der Waals surface area (Å²) in [6.07, 6.45) is 6.04. The first kappa shape index (κ1) is 24.3. The number of carbonyl (C=O) groups is 1. The van der Waals surface area contributed by atoms with Crippen LogP contribution in [0.15, 0.2) is 48.0 Å². The second kappa shape index (κ2) is 10.3. The van der Waals surface area contributed by atoms with Crippen LogP contribution < -0.4 is 10.1 Å². The maximum absolute atomic E-state index is 12.5. The number of thiophene rings is 1. The first-order valence-electron chi connectivity index (χ1n) is 11.5. The summed E-state index contributed by atoms with van der Waals surface area (Å²) < 4.78 is 29.6. The molecule has 0 radical (unpaired) electrons. The molecule has 1 saturated carbocycles. The van der Waals surface area contributed by atoms with Crippen LogP contribution in [0.5, 0.6) is 5.75 Å². The number of carboxylic acids is 1. The van der Waals surface area contributed by atoms with Crippen molar-refractivity contribution in [2.24, 2.45) is 0 Å². The minimum absolute atomic E-state index is 0.0613. The van der Waals surface area contributed by atoms with E-state index >= 15 is 0 Å². The molecule has 0 spiro atoms. The molecule has 1 fully saturated rings. The molecule has 1 aliphatic carbocycles. The SMILES string of the molecule is Cc1csc(-c2cnc(Nc3nc(-c4ccc(OC(F)F)cc4)c(C4CCCC4)s3)c(C(=O)O)c2)c1. The number of alkyl halides is 2. The van der Waals surface area contributed by atoms with Crippen LogP contribution in [-0.2, 0) is 0 Å². The molecule has 0 saturated heterocycles. The van der Waals surface area contributed by atoms with Crippen molar-refractivity contribution in [2.75, 3.05) is 5.32 Å². The van der Waals surface area contributed by atoms with Gasteiger partial charge in [0.05, 0.1) is 5.69 Å². The van der Waals surface area contributed by atoms with Crippen LogP contribution >= 0.6 is 22.7 Å². The summed E-state index contributed by atoms with van der Waals surface area (Å²) in [5, 5.41) is 15.5. The van der Waals surface area contributed by atoms with Gasteiger partial charge in [0.1, 0.15) is 17.1 Å². The average Bonchev–Trinajstić information content (AvgIpc) is 3.60. The summed E-state index contributed by atoms with van der Waals surface area (Å²) >= 11 is 3.02. The second-order valence-electron chi connectivity index (χ2n) is 8.65. The molecule has 10 heteroatoms. The quantitative estimate of drug-likeness (QED) is 0.242. The van der Waals surface area contributed by atoms with Crippen molar-refractivity contribution in [3.63, 3.8) is 0 Å². The summed E-state index contributed by atoms with van der Waals surface area (Å²) in [4.78, 5) is 23.3. The highest BCUT2D eigenvalue weighted by molar-refractivity contribution is 7.16. The first-order valence-corrected chi connectivity index (χ1v) is 13.2. The lowest BCUT2D eigenvalue weighted by Gasteiger charge is -2.09. The number of halogens is 2. The number of anilines is 2. The minimum atomic E-state index is -2.88. The van der Waals surface area contributed by atoms with Crippen LogP contribution in [-0.4, -0.2) is 27.7 Å². The third kappa shape index (κ3) is 5.24. The Labute approximate surface area is 214 Å². The van der Waals surface area contributed by atoms with Crippen molar-refractivity contribution in [2.45, 2.75) is 45.1 Å². The molecule has 0 aliphatic heterocycles. The van der Waals surface area contributed by atoms with Gasteiger partial charge in [-0.1, -0.05) is 12.8 Å². The van der Waals surface area contributed by atoms with Gasteiger partial charge in [0, 0.05) is 27.1 Å². The van der Waals surface area contributed by atoms with E-state index in [9.17, 15) is 18.7 Å². The molecular weight excluding hydrogens is 504 g/mol. The molecule has 0 atom stereocenters. The number of hydrogen-bond donors (Lipinski definition) is 2.